The molecule has 1 aromatic rings. The Labute approximate surface area is 137 Å². The van der Waals surface area contributed by atoms with E-state index >= 15 is 0 Å². The van der Waals surface area contributed by atoms with Crippen molar-refractivity contribution in [3.63, 3.8) is 0 Å². The summed E-state index contributed by atoms with van der Waals surface area (Å²) in [5, 5.41) is 3.13. The predicted molar refractivity (Wildman–Crippen MR) is 90.9 cm³/mol. The van der Waals surface area contributed by atoms with Gasteiger partial charge in [0.25, 0.3) is 0 Å². The molecule has 1 aliphatic rings. The number of hydrogen-bond donors (Lipinski definition) is 2. The van der Waals surface area contributed by atoms with Crippen LogP contribution in [0.15, 0.2) is 29.2 Å². The van der Waals surface area contributed by atoms with Crippen molar-refractivity contribution in [3.05, 3.63) is 29.8 Å². The maximum absolute atomic E-state index is 12.7. The maximum Gasteiger partial charge on any atom is 0.228 e. The second-order valence-electron chi connectivity index (χ2n) is 5.79. The molecule has 3 N–H and O–H groups in total. The van der Waals surface area contributed by atoms with Gasteiger partial charge in [0.2, 0.25) is 5.91 Å². The highest BCUT2D eigenvalue weighted by Crippen LogP contribution is 2.30. The van der Waals surface area contributed by atoms with Gasteiger partial charge >= 0.3 is 0 Å². The van der Waals surface area contributed by atoms with Crippen LogP contribution in [0.4, 0.5) is 0 Å². The fourth-order valence-electron chi connectivity index (χ4n) is 2.74. The molecule has 0 spiro atoms. The van der Waals surface area contributed by atoms with Crippen molar-refractivity contribution in [2.75, 3.05) is 25.5 Å². The summed E-state index contributed by atoms with van der Waals surface area (Å²) >= 11 is 1.82. The largest absolute Gasteiger partial charge is 0.381 e. The van der Waals surface area contributed by atoms with Gasteiger partial charge in [0.15, 0.2) is 0 Å². The monoisotopic (exact) mass is 322 g/mol. The highest BCUT2D eigenvalue weighted by Gasteiger charge is 2.39. The van der Waals surface area contributed by atoms with Crippen LogP contribution in [-0.4, -0.2) is 31.4 Å². The van der Waals surface area contributed by atoms with E-state index in [1.165, 1.54) is 4.90 Å². The number of rotatable bonds is 6. The Morgan fingerprint density at radius 2 is 2.00 bits per heavy atom. The summed E-state index contributed by atoms with van der Waals surface area (Å²) in [7, 11) is 0. The van der Waals surface area contributed by atoms with Crippen LogP contribution in [0.5, 0.6) is 0 Å². The molecular weight excluding hydrogens is 296 g/mol. The van der Waals surface area contributed by atoms with Gasteiger partial charge in [-0.1, -0.05) is 19.1 Å². The fraction of sp³-hybridized carbons (Fsp3) is 0.588. The van der Waals surface area contributed by atoms with Crippen LogP contribution in [0, 0.1) is 5.41 Å². The molecule has 1 heterocycles. The number of nitrogens with one attached hydrogen (secondary N) is 1. The van der Waals surface area contributed by atoms with Gasteiger partial charge in [0, 0.05) is 24.7 Å². The SMILES string of the molecule is CCSc1ccc(C(C)NC(=O)C2(CN)CCOCC2)cc1. The molecule has 122 valence electrons. The van der Waals surface area contributed by atoms with E-state index in [0.717, 1.165) is 11.3 Å². The molecule has 0 aliphatic carbocycles. The molecule has 0 saturated carbocycles. The van der Waals surface area contributed by atoms with Crippen molar-refractivity contribution in [2.24, 2.45) is 11.1 Å². The average Bonchev–Trinajstić information content (AvgIpc) is 2.56. The third kappa shape index (κ3) is 4.03. The third-order valence-electron chi connectivity index (χ3n) is 4.36. The summed E-state index contributed by atoms with van der Waals surface area (Å²) in [5.41, 5.74) is 6.54. The molecule has 1 unspecified atom stereocenters. The lowest BCUT2D eigenvalue weighted by molar-refractivity contribution is -0.136. The lowest BCUT2D eigenvalue weighted by Crippen LogP contribution is -2.49. The molecule has 5 heteroatoms. The first-order valence-electron chi connectivity index (χ1n) is 7.93. The number of carbonyl (C=O) groups is 1. The van der Waals surface area contributed by atoms with Crippen LogP contribution in [0.3, 0.4) is 0 Å². The standard InChI is InChI=1S/C17H26N2O2S/c1-3-22-15-6-4-14(5-7-15)13(2)19-16(20)17(12-18)8-10-21-11-9-17/h4-7,13H,3,8-12,18H2,1-2H3,(H,19,20). The van der Waals surface area contributed by atoms with Gasteiger partial charge < -0.3 is 15.8 Å². The molecule has 0 bridgehead atoms. The Hall–Kier alpha value is -1.04. The topological polar surface area (TPSA) is 64.4 Å². The highest BCUT2D eigenvalue weighted by molar-refractivity contribution is 7.99. The Balaban J connectivity index is 2.00. The molecule has 1 amide bonds. The number of nitrogens with two attached hydrogens (primary N) is 1. The number of ether oxygens (including phenoxy) is 1. The van der Waals surface area contributed by atoms with Crippen LogP contribution >= 0.6 is 11.8 Å². The van der Waals surface area contributed by atoms with E-state index < -0.39 is 5.41 Å². The highest BCUT2D eigenvalue weighted by atomic mass is 32.2. The molecule has 4 nitrogen and oxygen atoms in total. The second kappa shape index (κ2) is 7.99. The molecule has 0 radical (unpaired) electrons. The van der Waals surface area contributed by atoms with Crippen molar-refractivity contribution in [2.45, 2.75) is 37.6 Å². The normalized spacial score (nSPS) is 18.7. The van der Waals surface area contributed by atoms with Gasteiger partial charge in [-0.3, -0.25) is 4.79 Å². The molecule has 1 aromatic carbocycles. The van der Waals surface area contributed by atoms with E-state index in [0.29, 0.717) is 32.6 Å². The number of hydrogen-bond acceptors (Lipinski definition) is 4. The van der Waals surface area contributed by atoms with Crippen molar-refractivity contribution in [3.8, 4) is 0 Å². The summed E-state index contributed by atoms with van der Waals surface area (Å²) < 4.78 is 5.36. The van der Waals surface area contributed by atoms with Gasteiger partial charge in [-0.25, -0.2) is 0 Å². The summed E-state index contributed by atoms with van der Waals surface area (Å²) in [6.45, 7) is 5.76. The summed E-state index contributed by atoms with van der Waals surface area (Å²) in [6, 6.07) is 8.38. The van der Waals surface area contributed by atoms with E-state index in [1.54, 1.807) is 0 Å². The first-order valence-corrected chi connectivity index (χ1v) is 8.91. The molecule has 2 rings (SSSR count). The number of amides is 1. The first-order chi connectivity index (χ1) is 10.6. The number of carbonyl (C=O) groups excluding carboxylic acids is 1. The zero-order chi connectivity index (χ0) is 16.0. The smallest absolute Gasteiger partial charge is 0.228 e. The maximum atomic E-state index is 12.7. The number of thioether (sulfide) groups is 1. The molecule has 22 heavy (non-hydrogen) atoms. The Kier molecular flexibility index (Phi) is 6.29. The fourth-order valence-corrected chi connectivity index (χ4v) is 3.40. The Bertz CT molecular complexity index is 484. The van der Waals surface area contributed by atoms with Crippen molar-refractivity contribution >= 4 is 17.7 Å². The molecule has 1 aliphatic heterocycles. The van der Waals surface area contributed by atoms with E-state index in [1.807, 2.05) is 18.7 Å². The van der Waals surface area contributed by atoms with Gasteiger partial charge in [-0.2, -0.15) is 0 Å². The van der Waals surface area contributed by atoms with E-state index in [9.17, 15) is 4.79 Å². The van der Waals surface area contributed by atoms with Crippen LogP contribution in [0.2, 0.25) is 0 Å². The van der Waals surface area contributed by atoms with E-state index in [2.05, 4.69) is 36.5 Å². The van der Waals surface area contributed by atoms with E-state index in [-0.39, 0.29) is 11.9 Å². The number of benzene rings is 1. The van der Waals surface area contributed by atoms with Gasteiger partial charge in [0.05, 0.1) is 11.5 Å². The van der Waals surface area contributed by atoms with Crippen LogP contribution in [0.25, 0.3) is 0 Å². The van der Waals surface area contributed by atoms with Crippen molar-refractivity contribution < 1.29 is 9.53 Å². The molecule has 1 atom stereocenters. The zero-order valence-corrected chi connectivity index (χ0v) is 14.2. The molecular formula is C17H26N2O2S. The van der Waals surface area contributed by atoms with Crippen LogP contribution in [-0.2, 0) is 9.53 Å². The average molecular weight is 322 g/mol. The minimum Gasteiger partial charge on any atom is -0.381 e. The van der Waals surface area contributed by atoms with Crippen molar-refractivity contribution in [1.29, 1.82) is 0 Å². The lowest BCUT2D eigenvalue weighted by atomic mass is 9.79. The zero-order valence-electron chi connectivity index (χ0n) is 13.4. The Morgan fingerprint density at radius 3 is 2.55 bits per heavy atom. The lowest BCUT2D eigenvalue weighted by Gasteiger charge is -2.35. The molecule has 1 saturated heterocycles. The van der Waals surface area contributed by atoms with Crippen LogP contribution in [0.1, 0.15) is 38.3 Å². The summed E-state index contributed by atoms with van der Waals surface area (Å²) in [4.78, 5) is 13.9. The molecule has 1 fully saturated rings. The molecule has 0 aromatic heterocycles. The van der Waals surface area contributed by atoms with Gasteiger partial charge in [-0.15, -0.1) is 11.8 Å². The predicted octanol–water partition coefficient (Wildman–Crippen LogP) is 2.73. The Morgan fingerprint density at radius 1 is 1.36 bits per heavy atom. The third-order valence-corrected chi connectivity index (χ3v) is 5.26. The van der Waals surface area contributed by atoms with Gasteiger partial charge in [0.1, 0.15) is 0 Å². The quantitative estimate of drug-likeness (QED) is 0.791. The van der Waals surface area contributed by atoms with Crippen molar-refractivity contribution in [1.82, 2.24) is 5.32 Å². The van der Waals surface area contributed by atoms with Gasteiger partial charge in [-0.05, 0) is 43.2 Å². The van der Waals surface area contributed by atoms with Crippen LogP contribution < -0.4 is 11.1 Å². The minimum atomic E-state index is -0.468. The summed E-state index contributed by atoms with van der Waals surface area (Å²) in [5.74, 6) is 1.12. The van der Waals surface area contributed by atoms with E-state index in [4.69, 9.17) is 10.5 Å². The second-order valence-corrected chi connectivity index (χ2v) is 7.13. The minimum absolute atomic E-state index is 0.0144. The first kappa shape index (κ1) is 17.3. The summed E-state index contributed by atoms with van der Waals surface area (Å²) in [6.07, 6.45) is 1.41.